The fourth-order valence-corrected chi connectivity index (χ4v) is 2.71. The fourth-order valence-electron chi connectivity index (χ4n) is 2.71. The zero-order chi connectivity index (χ0) is 17.1. The molecule has 24 heavy (non-hydrogen) atoms. The van der Waals surface area contributed by atoms with Crippen LogP contribution in [0.4, 0.5) is 4.39 Å². The number of aromatic nitrogens is 3. The van der Waals surface area contributed by atoms with Crippen molar-refractivity contribution in [1.82, 2.24) is 19.7 Å². The van der Waals surface area contributed by atoms with Crippen LogP contribution in [0.1, 0.15) is 43.1 Å². The van der Waals surface area contributed by atoms with Gasteiger partial charge in [0.05, 0.1) is 11.8 Å². The van der Waals surface area contributed by atoms with Gasteiger partial charge in [-0.05, 0) is 26.0 Å². The molecule has 6 nitrogen and oxygen atoms in total. The Morgan fingerprint density at radius 1 is 1.38 bits per heavy atom. The first kappa shape index (κ1) is 16.4. The molecular formula is C17H21FN4O2. The van der Waals surface area contributed by atoms with Crippen molar-refractivity contribution in [2.45, 2.75) is 38.8 Å². The largest absolute Gasteiger partial charge is 0.472 e. The summed E-state index contributed by atoms with van der Waals surface area (Å²) in [6.07, 6.45) is 6.06. The Bertz CT molecular complexity index is 708. The highest BCUT2D eigenvalue weighted by Gasteiger charge is 2.26. The van der Waals surface area contributed by atoms with E-state index in [-0.39, 0.29) is 23.9 Å². The normalized spacial score (nSPS) is 15.8. The van der Waals surface area contributed by atoms with Gasteiger partial charge in [0.25, 0.3) is 11.8 Å². The highest BCUT2D eigenvalue weighted by Crippen LogP contribution is 2.20. The van der Waals surface area contributed by atoms with Gasteiger partial charge in [0.15, 0.2) is 5.82 Å². The average molecular weight is 332 g/mol. The zero-order valence-electron chi connectivity index (χ0n) is 13.9. The van der Waals surface area contributed by atoms with Gasteiger partial charge in [-0.2, -0.15) is 5.10 Å². The quantitative estimate of drug-likeness (QED) is 0.864. The number of carbonyl (C=O) groups is 1. The highest BCUT2D eigenvalue weighted by atomic mass is 19.1. The van der Waals surface area contributed by atoms with E-state index in [4.69, 9.17) is 4.74 Å². The molecule has 1 aliphatic heterocycles. The third-order valence-corrected chi connectivity index (χ3v) is 4.11. The third kappa shape index (κ3) is 3.55. The topological polar surface area (TPSA) is 60.2 Å². The van der Waals surface area contributed by atoms with Gasteiger partial charge in [-0.3, -0.25) is 9.48 Å². The average Bonchev–Trinajstić information content (AvgIpc) is 3.07. The molecule has 3 heterocycles. The van der Waals surface area contributed by atoms with Gasteiger partial charge in [-0.25, -0.2) is 9.37 Å². The standard InChI is InChI=1S/C17H21FN4O2/c1-12(2)22-11-13(10-20-22)17(23)21-8-5-14(6-9-21)24-16-15(18)4-3-7-19-16/h3-4,7,10-12,14H,5-6,8-9H2,1-2H3. The van der Waals surface area contributed by atoms with Crippen LogP contribution < -0.4 is 4.74 Å². The summed E-state index contributed by atoms with van der Waals surface area (Å²) in [4.78, 5) is 18.2. The zero-order valence-corrected chi connectivity index (χ0v) is 13.9. The monoisotopic (exact) mass is 332 g/mol. The van der Waals surface area contributed by atoms with Crippen molar-refractivity contribution in [3.8, 4) is 5.88 Å². The molecule has 1 fully saturated rings. The molecule has 0 atom stereocenters. The van der Waals surface area contributed by atoms with Crippen LogP contribution in [0.5, 0.6) is 5.88 Å². The number of likely N-dealkylation sites (tertiary alicyclic amines) is 1. The summed E-state index contributed by atoms with van der Waals surface area (Å²) in [5.41, 5.74) is 0.596. The van der Waals surface area contributed by atoms with Crippen LogP contribution in [-0.2, 0) is 0 Å². The molecule has 7 heteroatoms. The van der Waals surface area contributed by atoms with E-state index in [0.29, 0.717) is 31.5 Å². The van der Waals surface area contributed by atoms with Crippen LogP contribution >= 0.6 is 0 Å². The molecule has 0 bridgehead atoms. The number of carbonyl (C=O) groups excluding carboxylic acids is 1. The number of hydrogen-bond acceptors (Lipinski definition) is 4. The Morgan fingerprint density at radius 3 is 2.75 bits per heavy atom. The molecule has 3 rings (SSSR count). The van der Waals surface area contributed by atoms with E-state index in [1.165, 1.54) is 18.3 Å². The second-order valence-corrected chi connectivity index (χ2v) is 6.20. The van der Waals surface area contributed by atoms with Crippen molar-refractivity contribution in [2.24, 2.45) is 0 Å². The summed E-state index contributed by atoms with van der Waals surface area (Å²) in [5, 5.41) is 4.21. The van der Waals surface area contributed by atoms with E-state index >= 15 is 0 Å². The minimum atomic E-state index is -0.461. The Labute approximate surface area is 140 Å². The minimum Gasteiger partial charge on any atom is -0.472 e. The van der Waals surface area contributed by atoms with Crippen molar-refractivity contribution in [3.63, 3.8) is 0 Å². The van der Waals surface area contributed by atoms with Gasteiger partial charge in [-0.15, -0.1) is 0 Å². The van der Waals surface area contributed by atoms with Gasteiger partial charge in [0.1, 0.15) is 6.10 Å². The molecule has 0 aromatic carbocycles. The number of ether oxygens (including phenoxy) is 1. The Hall–Kier alpha value is -2.44. The van der Waals surface area contributed by atoms with Crippen LogP contribution in [0.25, 0.3) is 0 Å². The fraction of sp³-hybridized carbons (Fsp3) is 0.471. The second-order valence-electron chi connectivity index (χ2n) is 6.20. The smallest absolute Gasteiger partial charge is 0.257 e. The summed E-state index contributed by atoms with van der Waals surface area (Å²) in [7, 11) is 0. The van der Waals surface area contributed by atoms with Crippen molar-refractivity contribution >= 4 is 5.91 Å². The van der Waals surface area contributed by atoms with E-state index in [2.05, 4.69) is 10.1 Å². The number of amides is 1. The number of pyridine rings is 1. The molecule has 1 saturated heterocycles. The second kappa shape index (κ2) is 6.98. The van der Waals surface area contributed by atoms with Crippen LogP contribution in [-0.4, -0.2) is 44.8 Å². The summed E-state index contributed by atoms with van der Waals surface area (Å²) in [6.45, 7) is 5.18. The van der Waals surface area contributed by atoms with Crippen molar-refractivity contribution in [2.75, 3.05) is 13.1 Å². The van der Waals surface area contributed by atoms with E-state index in [0.717, 1.165) is 0 Å². The van der Waals surface area contributed by atoms with E-state index < -0.39 is 5.82 Å². The SMILES string of the molecule is CC(C)n1cc(C(=O)N2CCC(Oc3ncccc3F)CC2)cn1. The van der Waals surface area contributed by atoms with Crippen molar-refractivity contribution in [1.29, 1.82) is 0 Å². The lowest BCUT2D eigenvalue weighted by atomic mass is 10.1. The van der Waals surface area contributed by atoms with Gasteiger partial charge in [0.2, 0.25) is 0 Å². The lowest BCUT2D eigenvalue weighted by Crippen LogP contribution is -2.41. The molecule has 2 aromatic rings. The maximum atomic E-state index is 13.6. The molecule has 0 spiro atoms. The molecule has 1 aliphatic rings. The number of nitrogens with zero attached hydrogens (tertiary/aromatic N) is 4. The summed E-state index contributed by atoms with van der Waals surface area (Å²) >= 11 is 0. The Kier molecular flexibility index (Phi) is 4.78. The lowest BCUT2D eigenvalue weighted by molar-refractivity contribution is 0.0579. The van der Waals surface area contributed by atoms with E-state index in [9.17, 15) is 9.18 Å². The van der Waals surface area contributed by atoms with Crippen LogP contribution in [0, 0.1) is 5.82 Å². The van der Waals surface area contributed by atoms with Crippen LogP contribution in [0.3, 0.4) is 0 Å². The van der Waals surface area contributed by atoms with Gasteiger partial charge < -0.3 is 9.64 Å². The van der Waals surface area contributed by atoms with Crippen molar-refractivity contribution in [3.05, 3.63) is 42.1 Å². The summed E-state index contributed by atoms with van der Waals surface area (Å²) in [6, 6.07) is 3.08. The van der Waals surface area contributed by atoms with Gasteiger partial charge in [-0.1, -0.05) is 0 Å². The highest BCUT2D eigenvalue weighted by molar-refractivity contribution is 5.93. The van der Waals surface area contributed by atoms with Gasteiger partial charge in [0, 0.05) is 44.4 Å². The van der Waals surface area contributed by atoms with Crippen LogP contribution in [0.2, 0.25) is 0 Å². The third-order valence-electron chi connectivity index (χ3n) is 4.11. The molecule has 0 aliphatic carbocycles. The molecule has 0 unspecified atom stereocenters. The molecule has 128 valence electrons. The first-order valence-corrected chi connectivity index (χ1v) is 8.15. The lowest BCUT2D eigenvalue weighted by Gasteiger charge is -2.31. The first-order valence-electron chi connectivity index (χ1n) is 8.15. The molecule has 0 N–H and O–H groups in total. The summed E-state index contributed by atoms with van der Waals surface area (Å²) in [5.74, 6) is -0.457. The predicted octanol–water partition coefficient (Wildman–Crippen LogP) is 2.68. The number of halogens is 1. The number of rotatable bonds is 4. The van der Waals surface area contributed by atoms with Crippen molar-refractivity contribution < 1.29 is 13.9 Å². The number of hydrogen-bond donors (Lipinski definition) is 0. The van der Waals surface area contributed by atoms with Gasteiger partial charge >= 0.3 is 0 Å². The van der Waals surface area contributed by atoms with E-state index in [1.807, 2.05) is 13.8 Å². The predicted molar refractivity (Wildman–Crippen MR) is 86.4 cm³/mol. The van der Waals surface area contributed by atoms with E-state index in [1.54, 1.807) is 22.0 Å². The molecule has 0 saturated carbocycles. The molecular weight excluding hydrogens is 311 g/mol. The molecule has 1 amide bonds. The Morgan fingerprint density at radius 2 is 2.12 bits per heavy atom. The maximum absolute atomic E-state index is 13.6. The molecule has 0 radical (unpaired) electrons. The first-order chi connectivity index (χ1) is 11.5. The van der Waals surface area contributed by atoms with Crippen LogP contribution in [0.15, 0.2) is 30.7 Å². The maximum Gasteiger partial charge on any atom is 0.257 e. The molecule has 2 aromatic heterocycles. The summed E-state index contributed by atoms with van der Waals surface area (Å²) < 4.78 is 21.0. The Balaban J connectivity index is 1.56. The number of piperidine rings is 1. The minimum absolute atomic E-state index is 0.0237.